The molecule has 0 aromatic rings. The Morgan fingerprint density at radius 2 is 1.29 bits per heavy atom. The summed E-state index contributed by atoms with van der Waals surface area (Å²) in [6.07, 6.45) is -9.95. The average molecular weight is 224 g/mol. The Morgan fingerprint density at radius 3 is 1.29 bits per heavy atom. The minimum Gasteiger partial charge on any atom is -0.216 e. The van der Waals surface area contributed by atoms with Crippen LogP contribution >= 0.6 is 0 Å². The van der Waals surface area contributed by atoms with E-state index in [9.17, 15) is 30.7 Å². The molecule has 0 unspecified atom stereocenters. The van der Waals surface area contributed by atoms with Crippen LogP contribution < -0.4 is 0 Å². The van der Waals surface area contributed by atoms with Crippen LogP contribution in [0.2, 0.25) is 0 Å². The molecule has 0 atom stereocenters. The zero-order chi connectivity index (χ0) is 11.8. The SMILES string of the molecule is C=CC=CF.FC(F)(F)CC(F)(F)F. The molecule has 0 aliphatic carbocycles. The summed E-state index contributed by atoms with van der Waals surface area (Å²) in [5, 5.41) is 0. The Balaban J connectivity index is 0. The van der Waals surface area contributed by atoms with Crippen LogP contribution in [0, 0.1) is 0 Å². The highest BCUT2D eigenvalue weighted by Gasteiger charge is 2.43. The first-order valence-electron chi connectivity index (χ1n) is 3.13. The molecule has 0 spiro atoms. The summed E-state index contributed by atoms with van der Waals surface area (Å²) >= 11 is 0. The molecule has 0 bridgehead atoms. The summed E-state index contributed by atoms with van der Waals surface area (Å²) in [6, 6.07) is 0. The van der Waals surface area contributed by atoms with Gasteiger partial charge in [-0.25, -0.2) is 4.39 Å². The molecular weight excluding hydrogens is 217 g/mol. The lowest BCUT2D eigenvalue weighted by molar-refractivity contribution is -0.232. The first-order valence-corrected chi connectivity index (χ1v) is 3.13. The fourth-order valence-corrected chi connectivity index (χ4v) is 0.279. The van der Waals surface area contributed by atoms with Crippen molar-refractivity contribution in [3.8, 4) is 0 Å². The van der Waals surface area contributed by atoms with Crippen molar-refractivity contribution in [2.24, 2.45) is 0 Å². The van der Waals surface area contributed by atoms with Gasteiger partial charge in [0.1, 0.15) is 6.42 Å². The maximum atomic E-state index is 10.8. The Kier molecular flexibility index (Phi) is 7.12. The highest BCUT2D eigenvalue weighted by molar-refractivity contribution is 4.91. The van der Waals surface area contributed by atoms with Crippen molar-refractivity contribution in [2.45, 2.75) is 18.8 Å². The van der Waals surface area contributed by atoms with E-state index in [0.29, 0.717) is 6.33 Å². The monoisotopic (exact) mass is 224 g/mol. The molecule has 0 saturated carbocycles. The number of alkyl halides is 6. The van der Waals surface area contributed by atoms with Gasteiger partial charge >= 0.3 is 12.4 Å². The third-order valence-electron chi connectivity index (χ3n) is 0.610. The molecule has 14 heavy (non-hydrogen) atoms. The maximum absolute atomic E-state index is 10.8. The van der Waals surface area contributed by atoms with Gasteiger partial charge in [-0.05, 0) is 6.08 Å². The minimum absolute atomic E-state index is 0.438. The summed E-state index contributed by atoms with van der Waals surface area (Å²) in [6.45, 7) is 3.22. The average Bonchev–Trinajstić information content (AvgIpc) is 1.81. The fraction of sp³-hybridized carbons (Fsp3) is 0.429. The normalized spacial score (nSPS) is 12.2. The van der Waals surface area contributed by atoms with Crippen molar-refractivity contribution < 1.29 is 30.7 Å². The fourth-order valence-electron chi connectivity index (χ4n) is 0.279. The predicted octanol–water partition coefficient (Wildman–Crippen LogP) is 4.16. The van der Waals surface area contributed by atoms with E-state index in [4.69, 9.17) is 0 Å². The van der Waals surface area contributed by atoms with Crippen LogP contribution in [0.25, 0.3) is 0 Å². The van der Waals surface area contributed by atoms with Crippen LogP contribution in [-0.2, 0) is 0 Å². The second kappa shape index (κ2) is 6.44. The molecule has 7 heteroatoms. The van der Waals surface area contributed by atoms with Gasteiger partial charge in [-0.15, -0.1) is 0 Å². The van der Waals surface area contributed by atoms with Crippen molar-refractivity contribution >= 4 is 0 Å². The molecule has 84 valence electrons. The topological polar surface area (TPSA) is 0 Å². The van der Waals surface area contributed by atoms with E-state index < -0.39 is 18.8 Å². The quantitative estimate of drug-likeness (QED) is 0.463. The molecule has 0 N–H and O–H groups in total. The largest absolute Gasteiger partial charge is 0.397 e. The van der Waals surface area contributed by atoms with Gasteiger partial charge in [0.05, 0.1) is 6.33 Å². The zero-order valence-electron chi connectivity index (χ0n) is 6.79. The molecule has 0 radical (unpaired) electrons. The van der Waals surface area contributed by atoms with E-state index in [0.717, 1.165) is 0 Å². The van der Waals surface area contributed by atoms with Gasteiger partial charge < -0.3 is 0 Å². The summed E-state index contributed by atoms with van der Waals surface area (Å²) < 4.78 is 75.7. The minimum atomic E-state index is -5.14. The Bertz CT molecular complexity index is 161. The second-order valence-electron chi connectivity index (χ2n) is 1.96. The molecule has 0 amide bonds. The molecule has 0 aliphatic rings. The van der Waals surface area contributed by atoms with E-state index in [2.05, 4.69) is 6.58 Å². The van der Waals surface area contributed by atoms with E-state index in [1.807, 2.05) is 0 Å². The van der Waals surface area contributed by atoms with Crippen molar-refractivity contribution in [1.82, 2.24) is 0 Å². The summed E-state index contributed by atoms with van der Waals surface area (Å²) in [7, 11) is 0. The number of rotatable bonds is 1. The van der Waals surface area contributed by atoms with Crippen molar-refractivity contribution in [2.75, 3.05) is 0 Å². The molecule has 0 fully saturated rings. The molecule has 0 saturated heterocycles. The zero-order valence-corrected chi connectivity index (χ0v) is 6.79. The molecule has 0 nitrogen and oxygen atoms in total. The van der Waals surface area contributed by atoms with Crippen LogP contribution in [0.4, 0.5) is 30.7 Å². The van der Waals surface area contributed by atoms with Gasteiger partial charge in [-0.1, -0.05) is 12.7 Å². The Morgan fingerprint density at radius 1 is 0.929 bits per heavy atom. The molecule has 0 aromatic heterocycles. The molecule has 0 aromatic carbocycles. The van der Waals surface area contributed by atoms with Crippen LogP contribution in [0.15, 0.2) is 25.1 Å². The standard InChI is InChI=1S/C4H5F.C3H2F6/c1-2-3-4-5;4-2(5,6)1-3(7,8)9/h2-4H,1H2;1H2. The number of allylic oxidation sites excluding steroid dienone is 2. The lowest BCUT2D eigenvalue weighted by Gasteiger charge is -2.08. The summed E-state index contributed by atoms with van der Waals surface area (Å²) in [5.74, 6) is 0. The number of hydrogen-bond acceptors (Lipinski definition) is 0. The smallest absolute Gasteiger partial charge is 0.216 e. The summed E-state index contributed by atoms with van der Waals surface area (Å²) in [5.41, 5.74) is 0. The number of hydrogen-bond donors (Lipinski definition) is 0. The van der Waals surface area contributed by atoms with Gasteiger partial charge in [0.25, 0.3) is 0 Å². The van der Waals surface area contributed by atoms with Crippen molar-refractivity contribution in [3.05, 3.63) is 25.1 Å². The van der Waals surface area contributed by atoms with Crippen molar-refractivity contribution in [3.63, 3.8) is 0 Å². The Hall–Kier alpha value is -1.01. The van der Waals surface area contributed by atoms with Crippen LogP contribution in [-0.4, -0.2) is 12.4 Å². The maximum Gasteiger partial charge on any atom is 0.397 e. The summed E-state index contributed by atoms with van der Waals surface area (Å²) in [4.78, 5) is 0. The van der Waals surface area contributed by atoms with Gasteiger partial charge in [-0.3, -0.25) is 0 Å². The van der Waals surface area contributed by atoms with Crippen molar-refractivity contribution in [1.29, 1.82) is 0 Å². The molecule has 0 rings (SSSR count). The number of halogens is 7. The van der Waals surface area contributed by atoms with E-state index >= 15 is 0 Å². The van der Waals surface area contributed by atoms with Gasteiger partial charge in [0.2, 0.25) is 0 Å². The highest BCUT2D eigenvalue weighted by atomic mass is 19.4. The van der Waals surface area contributed by atoms with E-state index in [-0.39, 0.29) is 0 Å². The highest BCUT2D eigenvalue weighted by Crippen LogP contribution is 2.31. The lowest BCUT2D eigenvalue weighted by atomic mass is 10.4. The van der Waals surface area contributed by atoms with Crippen LogP contribution in [0.3, 0.4) is 0 Å². The molecular formula is C7H7F7. The van der Waals surface area contributed by atoms with E-state index in [1.54, 1.807) is 0 Å². The third-order valence-corrected chi connectivity index (χ3v) is 0.610. The van der Waals surface area contributed by atoms with Crippen LogP contribution in [0.5, 0.6) is 0 Å². The Labute approximate surface area is 75.7 Å². The molecule has 0 aliphatic heterocycles. The van der Waals surface area contributed by atoms with Gasteiger partial charge in [0.15, 0.2) is 0 Å². The van der Waals surface area contributed by atoms with Gasteiger partial charge in [-0.2, -0.15) is 26.3 Å². The predicted molar refractivity (Wildman–Crippen MR) is 37.2 cm³/mol. The van der Waals surface area contributed by atoms with Gasteiger partial charge in [0, 0.05) is 0 Å². The third kappa shape index (κ3) is 22.4. The van der Waals surface area contributed by atoms with E-state index in [1.165, 1.54) is 12.2 Å². The lowest BCUT2D eigenvalue weighted by Crippen LogP contribution is -2.20. The molecule has 0 heterocycles. The first kappa shape index (κ1) is 15.5. The first-order chi connectivity index (χ1) is 6.12. The van der Waals surface area contributed by atoms with Crippen LogP contribution in [0.1, 0.15) is 6.42 Å². The second-order valence-corrected chi connectivity index (χ2v) is 1.96.